The molecule has 216 valence electrons. The number of rotatable bonds is 2. The number of fused-ring (bicyclic) bond motifs is 2. The number of benzene rings is 2. The predicted octanol–water partition coefficient (Wildman–Crippen LogP) is 2.47. The first-order valence-corrected chi connectivity index (χ1v) is 14.4. The van der Waals surface area contributed by atoms with E-state index in [1.165, 1.54) is 12.5 Å². The number of nitrogens with zero attached hydrogens (tertiary/aromatic N) is 6. The quantitative estimate of drug-likeness (QED) is 0.0974. The number of nitrogen functional groups attached to an aromatic ring is 3. The maximum Gasteiger partial charge on any atom is 0.346 e. The van der Waals surface area contributed by atoms with Crippen molar-refractivity contribution in [3.8, 4) is 0 Å². The number of hydrazine groups is 1. The summed E-state index contributed by atoms with van der Waals surface area (Å²) in [6.45, 7) is 3.50. The first-order valence-electron chi connectivity index (χ1n) is 12.5. The minimum absolute atomic E-state index is 0.0874. The van der Waals surface area contributed by atoms with Crippen LogP contribution in [0.3, 0.4) is 0 Å². The number of nitrogens with one attached hydrogen (secondary N) is 2. The summed E-state index contributed by atoms with van der Waals surface area (Å²) in [6, 6.07) is 13.9. The average molecular weight is 600 g/mol. The largest absolute Gasteiger partial charge is 0.754 e. The zero-order valence-corrected chi connectivity index (χ0v) is 23.7. The third kappa shape index (κ3) is 7.19. The van der Waals surface area contributed by atoms with Gasteiger partial charge in [-0.25, -0.2) is 24.0 Å². The highest BCUT2D eigenvalue weighted by atomic mass is 35.5. The SMILES string of the molecule is CC1=Nc2ccc(Cl)cc2S(=O)(=O)N1.NNc1nncc2ccccc12.Nc1cc(N2CCCCC2)nc(N)[n+]1[O-]. The van der Waals surface area contributed by atoms with Crippen LogP contribution in [0.25, 0.3) is 10.8 Å². The monoisotopic (exact) mass is 599 g/mol. The summed E-state index contributed by atoms with van der Waals surface area (Å²) in [4.78, 5) is 10.3. The zero-order valence-electron chi connectivity index (χ0n) is 22.2. The molecule has 0 aliphatic carbocycles. The minimum atomic E-state index is -3.48. The molecule has 0 saturated carbocycles. The lowest BCUT2D eigenvalue weighted by Crippen LogP contribution is -2.38. The van der Waals surface area contributed by atoms with Crippen LogP contribution in [0.1, 0.15) is 26.2 Å². The second-order valence-corrected chi connectivity index (χ2v) is 11.2. The fourth-order valence-corrected chi connectivity index (χ4v) is 5.64. The molecule has 16 heteroatoms. The van der Waals surface area contributed by atoms with Crippen LogP contribution in [-0.2, 0) is 10.0 Å². The number of nitrogens with two attached hydrogens (primary N) is 3. The Kier molecular flexibility index (Phi) is 9.21. The smallest absolute Gasteiger partial charge is 0.346 e. The highest BCUT2D eigenvalue weighted by Crippen LogP contribution is 2.30. The van der Waals surface area contributed by atoms with E-state index in [1.807, 2.05) is 24.3 Å². The molecule has 0 spiro atoms. The minimum Gasteiger partial charge on any atom is -0.754 e. The van der Waals surface area contributed by atoms with Crippen LogP contribution in [0.4, 0.5) is 29.1 Å². The molecule has 0 bridgehead atoms. The Bertz CT molecular complexity index is 1650. The van der Waals surface area contributed by atoms with Crippen molar-refractivity contribution in [1.29, 1.82) is 0 Å². The third-order valence-corrected chi connectivity index (χ3v) is 7.82. The molecule has 0 atom stereocenters. The highest BCUT2D eigenvalue weighted by Gasteiger charge is 2.23. The van der Waals surface area contributed by atoms with Gasteiger partial charge in [0, 0.05) is 28.9 Å². The average Bonchev–Trinajstić information content (AvgIpc) is 2.96. The van der Waals surface area contributed by atoms with Gasteiger partial charge in [0.15, 0.2) is 17.5 Å². The molecule has 4 heterocycles. The van der Waals surface area contributed by atoms with Crippen molar-refractivity contribution in [3.05, 3.63) is 65.0 Å². The van der Waals surface area contributed by atoms with Gasteiger partial charge in [0.2, 0.25) is 0 Å². The van der Waals surface area contributed by atoms with Crippen LogP contribution >= 0.6 is 11.6 Å². The summed E-state index contributed by atoms with van der Waals surface area (Å²) in [5, 5.41) is 21.2. The maximum atomic E-state index is 11.6. The standard InChI is InChI=1S/C9H15N5O.C8H7ClN2O2S.C8H8N4/c10-7-6-8(12-9(11)14(7)15)13-4-2-1-3-5-13;1-5-10-7-3-2-6(9)4-8(7)14(12,13)11-5;9-11-8-7-4-2-1-3-6(7)5-10-12-8/h6H,1-5,10H2,(H2,11,12);2-4H,1H3,(H,10,11);1-5H,9H2,(H,11,12). The number of sulfonamides is 1. The topological polar surface area (TPSA) is 217 Å². The summed E-state index contributed by atoms with van der Waals surface area (Å²) in [6.07, 6.45) is 5.24. The number of piperidine rings is 1. The number of aromatic nitrogens is 4. The Labute approximate surface area is 241 Å². The second-order valence-electron chi connectivity index (χ2n) is 9.08. The van der Waals surface area contributed by atoms with Gasteiger partial charge in [0.1, 0.15) is 10.7 Å². The first kappa shape index (κ1) is 29.5. The number of halogens is 1. The molecule has 41 heavy (non-hydrogen) atoms. The lowest BCUT2D eigenvalue weighted by Gasteiger charge is -2.26. The van der Waals surface area contributed by atoms with Crippen molar-refractivity contribution in [2.24, 2.45) is 10.8 Å². The number of amidine groups is 1. The van der Waals surface area contributed by atoms with Gasteiger partial charge in [-0.2, -0.15) is 5.10 Å². The van der Waals surface area contributed by atoms with Gasteiger partial charge >= 0.3 is 5.95 Å². The maximum absolute atomic E-state index is 11.6. The van der Waals surface area contributed by atoms with Gasteiger partial charge in [0.05, 0.1) is 18.0 Å². The summed E-state index contributed by atoms with van der Waals surface area (Å²) >= 11 is 5.70. The van der Waals surface area contributed by atoms with E-state index in [9.17, 15) is 13.6 Å². The van der Waals surface area contributed by atoms with Crippen molar-refractivity contribution < 1.29 is 13.1 Å². The highest BCUT2D eigenvalue weighted by molar-refractivity contribution is 7.90. The Morgan fingerprint density at radius 2 is 1.83 bits per heavy atom. The Balaban J connectivity index is 0.000000142. The summed E-state index contributed by atoms with van der Waals surface area (Å²) < 4.78 is 25.9. The summed E-state index contributed by atoms with van der Waals surface area (Å²) in [7, 11) is -3.48. The van der Waals surface area contributed by atoms with Crippen LogP contribution in [0.15, 0.2) is 64.6 Å². The van der Waals surface area contributed by atoms with E-state index in [-0.39, 0.29) is 16.7 Å². The molecule has 2 aliphatic rings. The van der Waals surface area contributed by atoms with E-state index in [4.69, 9.17) is 28.9 Å². The van der Waals surface area contributed by atoms with Crippen molar-refractivity contribution in [3.63, 3.8) is 0 Å². The van der Waals surface area contributed by atoms with Gasteiger partial charge in [-0.15, -0.1) is 5.10 Å². The van der Waals surface area contributed by atoms with Gasteiger partial charge in [-0.1, -0.05) is 40.9 Å². The number of aliphatic imine (C=N–C) groups is 1. The second kappa shape index (κ2) is 12.8. The molecule has 0 unspecified atom stereocenters. The van der Waals surface area contributed by atoms with Crippen LogP contribution in [0.2, 0.25) is 5.02 Å². The molecule has 1 saturated heterocycles. The number of hydrogen-bond donors (Lipinski definition) is 5. The molecule has 8 N–H and O–H groups in total. The first-order chi connectivity index (χ1) is 19.6. The van der Waals surface area contributed by atoms with Crippen molar-refractivity contribution >= 4 is 67.3 Å². The van der Waals surface area contributed by atoms with E-state index < -0.39 is 10.0 Å². The molecule has 2 aliphatic heterocycles. The molecule has 2 aromatic heterocycles. The number of anilines is 4. The van der Waals surface area contributed by atoms with Gasteiger partial charge in [0.25, 0.3) is 10.0 Å². The summed E-state index contributed by atoms with van der Waals surface area (Å²) in [5.74, 6) is 6.95. The van der Waals surface area contributed by atoms with Crippen LogP contribution in [0.5, 0.6) is 0 Å². The Hall–Kier alpha value is -4.47. The molecular formula is C25H30ClN11O3S. The van der Waals surface area contributed by atoms with Crippen molar-refractivity contribution in [2.75, 3.05) is 34.9 Å². The normalized spacial score (nSPS) is 15.2. The molecular weight excluding hydrogens is 570 g/mol. The molecule has 14 nitrogen and oxygen atoms in total. The zero-order chi connectivity index (χ0) is 29.6. The van der Waals surface area contributed by atoms with Crippen LogP contribution < -0.4 is 37.1 Å². The Morgan fingerprint density at radius 1 is 1.10 bits per heavy atom. The molecule has 2 aromatic carbocycles. The third-order valence-electron chi connectivity index (χ3n) is 6.12. The van der Waals surface area contributed by atoms with E-state index in [1.54, 1.807) is 31.3 Å². The Morgan fingerprint density at radius 3 is 2.54 bits per heavy atom. The predicted molar refractivity (Wildman–Crippen MR) is 160 cm³/mol. The molecule has 4 aromatic rings. The lowest BCUT2D eigenvalue weighted by atomic mass is 10.1. The number of hydrogen-bond acceptors (Lipinski definition) is 12. The van der Waals surface area contributed by atoms with E-state index >= 15 is 0 Å². The van der Waals surface area contributed by atoms with Crippen molar-refractivity contribution in [1.82, 2.24) is 19.9 Å². The van der Waals surface area contributed by atoms with Gasteiger partial charge in [-0.05, 0) is 44.4 Å². The van der Waals surface area contributed by atoms with Crippen LogP contribution in [0, 0.1) is 5.21 Å². The fourth-order valence-electron chi connectivity index (χ4n) is 4.19. The van der Waals surface area contributed by atoms with Gasteiger partial charge < -0.3 is 27.0 Å². The van der Waals surface area contributed by atoms with Gasteiger partial charge in [-0.3, -0.25) is 4.72 Å². The summed E-state index contributed by atoms with van der Waals surface area (Å²) in [5.41, 5.74) is 13.9. The van der Waals surface area contributed by atoms with Crippen LogP contribution in [-0.4, -0.2) is 42.5 Å². The van der Waals surface area contributed by atoms with E-state index in [0.717, 1.165) is 36.7 Å². The van der Waals surface area contributed by atoms with Crippen molar-refractivity contribution in [2.45, 2.75) is 31.1 Å². The van der Waals surface area contributed by atoms with E-state index in [2.05, 4.69) is 35.2 Å². The molecule has 0 radical (unpaired) electrons. The molecule has 6 rings (SSSR count). The van der Waals surface area contributed by atoms with E-state index in [0.29, 0.717) is 32.9 Å². The fraction of sp³-hybridized carbons (Fsp3) is 0.240. The molecule has 1 fully saturated rings. The lowest BCUT2D eigenvalue weighted by molar-refractivity contribution is -0.576. The molecule has 0 amide bonds.